The lowest BCUT2D eigenvalue weighted by Gasteiger charge is -2.39. The van der Waals surface area contributed by atoms with Gasteiger partial charge in [0.1, 0.15) is 18.1 Å². The largest absolute Gasteiger partial charge is 0.464 e. The molecule has 2 aromatic heterocycles. The summed E-state index contributed by atoms with van der Waals surface area (Å²) >= 11 is 0. The molecule has 16 nitrogen and oxygen atoms in total. The molecule has 16 heteroatoms. The molecule has 7 aliphatic heterocycles. The van der Waals surface area contributed by atoms with Crippen LogP contribution in [0.15, 0.2) is 54.7 Å². The molecule has 0 unspecified atom stereocenters. The van der Waals surface area contributed by atoms with Crippen molar-refractivity contribution >= 4 is 40.3 Å². The number of nitrogens with one attached hydrogen (secondary N) is 3. The van der Waals surface area contributed by atoms with E-state index in [0.29, 0.717) is 43.8 Å². The Bertz CT molecular complexity index is 3020. The van der Waals surface area contributed by atoms with Gasteiger partial charge >= 0.3 is 5.97 Å². The van der Waals surface area contributed by atoms with Gasteiger partial charge in [0.25, 0.3) is 5.91 Å². The number of anilines is 1. The first-order valence-corrected chi connectivity index (χ1v) is 30.9. The SMILES string of the molecule is CCn1c(-c2cc(N3CCN4CCC[C@@H]4C3)cnc2[C@H](C)OC)c2c3cc(ccc31)-c1cccc(c1)C[C@H](NC(=O)[C@H](C1CCCC1)N1CC[C@]3(CCN(C(=O)[C@@H]4N[C@@H]4C4CC4)C3)C1)C(=O)N1CCC[C@H](N1)C(=O)OCC(C)(C)C2. The summed E-state index contributed by atoms with van der Waals surface area (Å²) in [4.78, 5) is 73.4. The fourth-order valence-electron chi connectivity index (χ4n) is 15.7. The van der Waals surface area contributed by atoms with Crippen LogP contribution < -0.4 is 21.0 Å². The van der Waals surface area contributed by atoms with Gasteiger partial charge in [0.2, 0.25) is 11.8 Å². The fourth-order valence-corrected chi connectivity index (χ4v) is 15.7. The number of cyclic esters (lactones) is 1. The fraction of sp³-hybridized carbons (Fsp3) is 0.641. The van der Waals surface area contributed by atoms with E-state index in [1.165, 1.54) is 37.8 Å². The number of hydrogen-bond donors (Lipinski definition) is 3. The number of aryl methyl sites for hydroxylation is 1. The van der Waals surface area contributed by atoms with Crippen LogP contribution in [0.3, 0.4) is 0 Å². The summed E-state index contributed by atoms with van der Waals surface area (Å²) in [6.07, 6.45) is 14.8. The van der Waals surface area contributed by atoms with Gasteiger partial charge in [-0.1, -0.05) is 57.0 Å². The van der Waals surface area contributed by atoms with Crippen LogP contribution in [-0.4, -0.2) is 162 Å². The van der Waals surface area contributed by atoms with Gasteiger partial charge in [-0.25, -0.2) is 5.43 Å². The molecule has 4 aromatic rings. The third kappa shape index (κ3) is 10.5. The lowest BCUT2D eigenvalue weighted by molar-refractivity contribution is -0.155. The number of benzene rings is 2. The maximum absolute atomic E-state index is 15.3. The van der Waals surface area contributed by atoms with E-state index in [1.807, 2.05) is 6.20 Å². The number of amides is 3. The highest BCUT2D eigenvalue weighted by atomic mass is 16.5. The normalized spacial score (nSPS) is 29.3. The third-order valence-electron chi connectivity index (χ3n) is 20.4. The standard InChI is InChI=1S/C64H86N10O6/c1-6-73-53-21-20-45-32-48(53)50(58(73)49-33-47(35-65-54(49)40(2)79-5)70-29-28-69-24-10-16-46(69)36-70)34-63(3,4)39-80-62(78)51-17-11-25-74(68-51)60(76)52(31-41-12-9-15-44(45)30-41)66-59(75)57(43-13-7-8-14-43)71-26-22-64(37-71)23-27-72(38-64)61(77)56-55(67-56)42-18-19-42/h9,12,15,20-21,30,32-33,35,40,42-43,46,51-52,55-57,67-68H,6-8,10-11,13-14,16-19,22-29,31,34,36-39H2,1-5H3,(H,66,75)/t40-,46+,51-,52-,55+,56+,57-,64-/m0/s1. The van der Waals surface area contributed by atoms with Crippen molar-refractivity contribution in [3.63, 3.8) is 0 Å². The van der Waals surface area contributed by atoms with E-state index in [-0.39, 0.29) is 66.2 Å². The van der Waals surface area contributed by atoms with Gasteiger partial charge in [0.15, 0.2) is 0 Å². The molecule has 1 spiro atoms. The van der Waals surface area contributed by atoms with Crippen LogP contribution in [0.5, 0.6) is 0 Å². The highest BCUT2D eigenvalue weighted by Crippen LogP contribution is 2.47. The first kappa shape index (κ1) is 53.9. The van der Waals surface area contributed by atoms with E-state index in [1.54, 1.807) is 12.1 Å². The number of likely N-dealkylation sites (tertiary alicyclic amines) is 2. The smallest absolute Gasteiger partial charge is 0.324 e. The zero-order valence-corrected chi connectivity index (χ0v) is 48.1. The van der Waals surface area contributed by atoms with E-state index in [2.05, 4.69) is 116 Å². The molecule has 9 aliphatic rings. The first-order chi connectivity index (χ1) is 38.8. The monoisotopic (exact) mass is 1090 g/mol. The lowest BCUT2D eigenvalue weighted by Crippen LogP contribution is -2.62. The topological polar surface area (TPSA) is 167 Å². The average molecular weight is 1090 g/mol. The van der Waals surface area contributed by atoms with Gasteiger partial charge in [-0.15, -0.1) is 0 Å². The summed E-state index contributed by atoms with van der Waals surface area (Å²) in [5.74, 6) is 0.359. The van der Waals surface area contributed by atoms with Crippen molar-refractivity contribution < 1.29 is 28.7 Å². The number of fused-ring (bicyclic) bond motifs is 7. The molecule has 8 atom stereocenters. The number of carbonyl (C=O) groups is 4. The summed E-state index contributed by atoms with van der Waals surface area (Å²) in [6, 6.07) is 16.5. The minimum Gasteiger partial charge on any atom is -0.464 e. The maximum Gasteiger partial charge on any atom is 0.324 e. The zero-order valence-electron chi connectivity index (χ0n) is 48.1. The molecular formula is C64H86N10O6. The Balaban J connectivity index is 0.838. The second kappa shape index (κ2) is 21.7. The van der Waals surface area contributed by atoms with Crippen LogP contribution in [0, 0.1) is 22.7 Å². The number of methoxy groups -OCH3 is 1. The quantitative estimate of drug-likeness (QED) is 0.102. The Hall–Kier alpha value is -5.39. The molecule has 6 bridgehead atoms. The number of hydrogen-bond acceptors (Lipinski definition) is 12. The van der Waals surface area contributed by atoms with Gasteiger partial charge in [-0.2, -0.15) is 0 Å². The average Bonchev–Trinajstić information content (AvgIpc) is 4.23. The number of piperazine rings is 1. The van der Waals surface area contributed by atoms with Gasteiger partial charge < -0.3 is 29.2 Å². The van der Waals surface area contributed by atoms with Crippen LogP contribution in [0.1, 0.15) is 128 Å². The molecule has 2 aliphatic carbocycles. The Morgan fingerprint density at radius 3 is 2.52 bits per heavy atom. The molecule has 80 heavy (non-hydrogen) atoms. The van der Waals surface area contributed by atoms with Gasteiger partial charge in [-0.3, -0.25) is 44.3 Å². The van der Waals surface area contributed by atoms with E-state index < -0.39 is 17.5 Å². The predicted octanol–water partition coefficient (Wildman–Crippen LogP) is 7.26. The van der Waals surface area contributed by atoms with Crippen molar-refractivity contribution in [1.82, 2.24) is 45.3 Å². The Labute approximate surface area is 473 Å². The summed E-state index contributed by atoms with van der Waals surface area (Å²) in [5, 5.41) is 9.60. The number of carbonyl (C=O) groups excluding carboxylic acids is 4. The van der Waals surface area contributed by atoms with Gasteiger partial charge in [-0.05, 0) is 150 Å². The number of hydrazine groups is 1. The molecule has 8 fully saturated rings. The van der Waals surface area contributed by atoms with Crippen LogP contribution in [0.4, 0.5) is 5.69 Å². The molecule has 2 aromatic carbocycles. The Morgan fingerprint density at radius 2 is 1.71 bits per heavy atom. The zero-order chi connectivity index (χ0) is 55.0. The minimum atomic E-state index is -0.895. The van der Waals surface area contributed by atoms with Crippen LogP contribution in [0.25, 0.3) is 33.3 Å². The third-order valence-corrected chi connectivity index (χ3v) is 20.4. The van der Waals surface area contributed by atoms with Crippen molar-refractivity contribution in [3.8, 4) is 22.4 Å². The second-order valence-corrected chi connectivity index (χ2v) is 26.5. The van der Waals surface area contributed by atoms with E-state index in [9.17, 15) is 9.59 Å². The predicted molar refractivity (Wildman–Crippen MR) is 309 cm³/mol. The van der Waals surface area contributed by atoms with Crippen LogP contribution >= 0.6 is 0 Å². The minimum absolute atomic E-state index is 0.0249. The molecule has 6 saturated heterocycles. The number of nitrogens with zero attached hydrogens (tertiary/aromatic N) is 7. The van der Waals surface area contributed by atoms with Crippen LogP contribution in [-0.2, 0) is 48.0 Å². The van der Waals surface area contributed by atoms with Gasteiger partial charge in [0.05, 0.1) is 42.0 Å². The number of aromatic nitrogens is 2. The molecule has 428 valence electrons. The van der Waals surface area contributed by atoms with E-state index in [0.717, 1.165) is 141 Å². The highest BCUT2D eigenvalue weighted by molar-refractivity contribution is 5.96. The van der Waals surface area contributed by atoms with E-state index in [4.69, 9.17) is 14.5 Å². The first-order valence-electron chi connectivity index (χ1n) is 30.9. The molecule has 3 amide bonds. The van der Waals surface area contributed by atoms with Crippen molar-refractivity contribution in [2.45, 2.75) is 166 Å². The molecule has 0 radical (unpaired) electrons. The summed E-state index contributed by atoms with van der Waals surface area (Å²) in [5.41, 5.74) is 12.3. The Kier molecular flexibility index (Phi) is 14.6. The maximum atomic E-state index is 15.3. The summed E-state index contributed by atoms with van der Waals surface area (Å²) < 4.78 is 14.9. The van der Waals surface area contributed by atoms with Gasteiger partial charge in [0, 0.05) is 105 Å². The molecular weight excluding hydrogens is 1000 g/mol. The summed E-state index contributed by atoms with van der Waals surface area (Å²) in [7, 11) is 1.75. The molecule has 3 N–H and O–H groups in total. The number of rotatable bonds is 11. The number of pyridine rings is 1. The number of ether oxygens (including phenoxy) is 2. The second-order valence-electron chi connectivity index (χ2n) is 26.5. The van der Waals surface area contributed by atoms with E-state index >= 15 is 9.59 Å². The van der Waals surface area contributed by atoms with Crippen molar-refractivity contribution in [2.24, 2.45) is 22.7 Å². The summed E-state index contributed by atoms with van der Waals surface area (Å²) in [6.45, 7) is 17.2. The van der Waals surface area contributed by atoms with Crippen molar-refractivity contribution in [3.05, 3.63) is 71.5 Å². The Morgan fingerprint density at radius 1 is 0.900 bits per heavy atom. The molecule has 13 rings (SSSR count). The van der Waals surface area contributed by atoms with Crippen molar-refractivity contribution in [2.75, 3.05) is 77.5 Å². The molecule has 2 saturated carbocycles. The lowest BCUT2D eigenvalue weighted by atomic mass is 9.84. The molecule has 9 heterocycles. The van der Waals surface area contributed by atoms with Crippen molar-refractivity contribution in [1.29, 1.82) is 0 Å². The van der Waals surface area contributed by atoms with Crippen LogP contribution in [0.2, 0.25) is 0 Å². The number of esters is 1. The highest BCUT2D eigenvalue weighted by Gasteiger charge is 2.55.